The topological polar surface area (TPSA) is 50.8 Å². The van der Waals surface area contributed by atoms with Crippen LogP contribution in [0.1, 0.15) is 21.5 Å². The van der Waals surface area contributed by atoms with Gasteiger partial charge in [0.2, 0.25) is 0 Å². The third-order valence-electron chi connectivity index (χ3n) is 4.74. The van der Waals surface area contributed by atoms with E-state index >= 15 is 0 Å². The van der Waals surface area contributed by atoms with Crippen molar-refractivity contribution >= 4 is 11.6 Å². The van der Waals surface area contributed by atoms with Gasteiger partial charge in [-0.25, -0.2) is 0 Å². The molecule has 0 aromatic heterocycles. The van der Waals surface area contributed by atoms with Crippen molar-refractivity contribution in [2.24, 2.45) is 0 Å². The molecule has 3 aromatic carbocycles. The summed E-state index contributed by atoms with van der Waals surface area (Å²) < 4.78 is 11.2. The van der Waals surface area contributed by atoms with Gasteiger partial charge >= 0.3 is 0 Å². The molecule has 0 aliphatic carbocycles. The number of fused-ring (bicyclic) bond motifs is 1. The molecule has 0 radical (unpaired) electrons. The summed E-state index contributed by atoms with van der Waals surface area (Å²) in [5.74, 6) is 1.42. The van der Waals surface area contributed by atoms with Crippen molar-refractivity contribution in [2.45, 2.75) is 13.2 Å². The van der Waals surface area contributed by atoms with E-state index in [1.165, 1.54) is 0 Å². The number of carbonyl (C=O) groups excluding carboxylic acids is 1. The Morgan fingerprint density at radius 1 is 0.929 bits per heavy atom. The van der Waals surface area contributed by atoms with Gasteiger partial charge in [-0.15, -0.1) is 0 Å². The zero-order valence-electron chi connectivity index (χ0n) is 15.7. The number of hydrogen-bond donors (Lipinski definition) is 1. The number of carbonyl (C=O) groups is 1. The van der Waals surface area contributed by atoms with Gasteiger partial charge in [-0.05, 0) is 41.5 Å². The maximum absolute atomic E-state index is 12.4. The number of nitrogens with one attached hydrogen (secondary N) is 1. The van der Waals surface area contributed by atoms with Crippen LogP contribution in [0, 0.1) is 0 Å². The third-order valence-corrected chi connectivity index (χ3v) is 4.74. The highest BCUT2D eigenvalue weighted by atomic mass is 16.5. The molecular formula is C23H22N2O3. The number of amides is 1. The fraction of sp³-hybridized carbons (Fsp3) is 0.174. The number of ether oxygens (including phenoxy) is 2. The second kappa shape index (κ2) is 8.05. The minimum Gasteiger partial charge on any atom is -0.497 e. The molecule has 1 aliphatic rings. The molecule has 0 fully saturated rings. The van der Waals surface area contributed by atoms with Crippen LogP contribution in [0.5, 0.6) is 11.5 Å². The van der Waals surface area contributed by atoms with Gasteiger partial charge in [0.15, 0.2) is 0 Å². The van der Waals surface area contributed by atoms with Crippen molar-refractivity contribution in [2.75, 3.05) is 18.7 Å². The Morgan fingerprint density at radius 3 is 2.57 bits per heavy atom. The Hall–Kier alpha value is -3.47. The molecule has 1 amide bonds. The summed E-state index contributed by atoms with van der Waals surface area (Å²) in [6, 6.07) is 23.6. The SMILES string of the molecule is COc1cccc(CN2CNC(=O)c3cc(OCc4ccccc4)ccc32)c1. The number of hydrogen-bond acceptors (Lipinski definition) is 4. The first-order chi connectivity index (χ1) is 13.7. The fourth-order valence-electron chi connectivity index (χ4n) is 3.28. The predicted molar refractivity (Wildman–Crippen MR) is 109 cm³/mol. The molecule has 0 spiro atoms. The molecule has 5 heteroatoms. The maximum Gasteiger partial charge on any atom is 0.254 e. The van der Waals surface area contributed by atoms with E-state index in [0.717, 1.165) is 22.6 Å². The average molecular weight is 374 g/mol. The normalized spacial score (nSPS) is 12.9. The van der Waals surface area contributed by atoms with Crippen molar-refractivity contribution in [1.29, 1.82) is 0 Å². The molecular weight excluding hydrogens is 352 g/mol. The first-order valence-corrected chi connectivity index (χ1v) is 9.20. The Labute approximate surface area is 164 Å². The zero-order chi connectivity index (χ0) is 19.3. The summed E-state index contributed by atoms with van der Waals surface area (Å²) in [7, 11) is 1.66. The van der Waals surface area contributed by atoms with Gasteiger partial charge in [-0.1, -0.05) is 42.5 Å². The van der Waals surface area contributed by atoms with Gasteiger partial charge in [0.05, 0.1) is 25.0 Å². The van der Waals surface area contributed by atoms with Crippen LogP contribution < -0.4 is 19.7 Å². The highest BCUT2D eigenvalue weighted by Crippen LogP contribution is 2.29. The Kier molecular flexibility index (Phi) is 5.15. The lowest BCUT2D eigenvalue weighted by Gasteiger charge is -2.31. The third kappa shape index (κ3) is 3.93. The average Bonchev–Trinajstić information content (AvgIpc) is 2.75. The van der Waals surface area contributed by atoms with Gasteiger partial charge in [0, 0.05) is 6.54 Å². The van der Waals surface area contributed by atoms with Crippen molar-refractivity contribution < 1.29 is 14.3 Å². The quantitative estimate of drug-likeness (QED) is 0.709. The van der Waals surface area contributed by atoms with Gasteiger partial charge in [-0.2, -0.15) is 0 Å². The van der Waals surface area contributed by atoms with Crippen molar-refractivity contribution in [3.8, 4) is 11.5 Å². The number of rotatable bonds is 6. The first-order valence-electron chi connectivity index (χ1n) is 9.20. The first kappa shape index (κ1) is 17.9. The highest BCUT2D eigenvalue weighted by molar-refractivity contribution is 6.01. The minimum atomic E-state index is -0.0814. The van der Waals surface area contributed by atoms with Gasteiger partial charge in [0.1, 0.15) is 18.1 Å². The van der Waals surface area contributed by atoms with E-state index in [1.807, 2.05) is 66.7 Å². The van der Waals surface area contributed by atoms with E-state index in [1.54, 1.807) is 7.11 Å². The highest BCUT2D eigenvalue weighted by Gasteiger charge is 2.23. The van der Waals surface area contributed by atoms with Crippen molar-refractivity contribution in [1.82, 2.24) is 5.32 Å². The van der Waals surface area contributed by atoms with E-state index in [-0.39, 0.29) is 5.91 Å². The zero-order valence-corrected chi connectivity index (χ0v) is 15.7. The number of benzene rings is 3. The maximum atomic E-state index is 12.4. The lowest BCUT2D eigenvalue weighted by atomic mass is 10.1. The lowest BCUT2D eigenvalue weighted by Crippen LogP contribution is -2.43. The molecule has 0 atom stereocenters. The second-order valence-corrected chi connectivity index (χ2v) is 6.67. The van der Waals surface area contributed by atoms with Gasteiger partial charge in [-0.3, -0.25) is 4.79 Å². The molecule has 1 N–H and O–H groups in total. The van der Waals surface area contributed by atoms with E-state index in [9.17, 15) is 4.79 Å². The lowest BCUT2D eigenvalue weighted by molar-refractivity contribution is 0.0946. The summed E-state index contributed by atoms with van der Waals surface area (Å²) in [6.45, 7) is 1.61. The van der Waals surface area contributed by atoms with Crippen LogP contribution in [0.15, 0.2) is 72.8 Å². The molecule has 0 saturated carbocycles. The fourth-order valence-corrected chi connectivity index (χ4v) is 3.28. The number of nitrogens with zero attached hydrogens (tertiary/aromatic N) is 1. The molecule has 0 saturated heterocycles. The molecule has 4 rings (SSSR count). The Morgan fingerprint density at radius 2 is 1.75 bits per heavy atom. The molecule has 3 aromatic rings. The van der Waals surface area contributed by atoms with Crippen molar-refractivity contribution in [3.05, 3.63) is 89.5 Å². The molecule has 28 heavy (non-hydrogen) atoms. The molecule has 0 unspecified atom stereocenters. The minimum absolute atomic E-state index is 0.0814. The number of anilines is 1. The van der Waals surface area contributed by atoms with Crippen LogP contribution in [0.2, 0.25) is 0 Å². The predicted octanol–water partition coefficient (Wildman–Crippen LogP) is 3.98. The summed E-state index contributed by atoms with van der Waals surface area (Å²) in [6.07, 6.45) is 0. The molecule has 5 nitrogen and oxygen atoms in total. The summed E-state index contributed by atoms with van der Waals surface area (Å²) in [5.41, 5.74) is 3.73. The summed E-state index contributed by atoms with van der Waals surface area (Å²) >= 11 is 0. The molecule has 142 valence electrons. The van der Waals surface area contributed by atoms with Gasteiger partial charge in [0.25, 0.3) is 5.91 Å². The summed E-state index contributed by atoms with van der Waals surface area (Å²) in [5, 5.41) is 2.94. The Bertz CT molecular complexity index is 973. The van der Waals surface area contributed by atoms with E-state index < -0.39 is 0 Å². The monoisotopic (exact) mass is 374 g/mol. The van der Waals surface area contributed by atoms with Crippen LogP contribution in [-0.2, 0) is 13.2 Å². The van der Waals surface area contributed by atoms with Crippen LogP contribution in [-0.4, -0.2) is 19.7 Å². The van der Waals surface area contributed by atoms with E-state index in [2.05, 4.69) is 16.3 Å². The smallest absolute Gasteiger partial charge is 0.254 e. The standard InChI is InChI=1S/C23H22N2O3/c1-27-19-9-5-8-18(12-19)14-25-16-24-23(26)21-13-20(10-11-22(21)25)28-15-17-6-3-2-4-7-17/h2-13H,14-16H2,1H3,(H,24,26). The largest absolute Gasteiger partial charge is 0.497 e. The van der Waals surface area contributed by atoms with Crippen molar-refractivity contribution in [3.63, 3.8) is 0 Å². The van der Waals surface area contributed by atoms with Crippen LogP contribution >= 0.6 is 0 Å². The van der Waals surface area contributed by atoms with Crippen LogP contribution in [0.25, 0.3) is 0 Å². The van der Waals surface area contributed by atoms with Crippen LogP contribution in [0.4, 0.5) is 5.69 Å². The van der Waals surface area contributed by atoms with Gasteiger partial charge < -0.3 is 19.7 Å². The second-order valence-electron chi connectivity index (χ2n) is 6.67. The number of methoxy groups -OCH3 is 1. The van der Waals surface area contributed by atoms with E-state index in [0.29, 0.717) is 31.1 Å². The molecule has 1 aliphatic heterocycles. The Balaban J connectivity index is 1.53. The molecule has 0 bridgehead atoms. The molecule has 1 heterocycles. The summed E-state index contributed by atoms with van der Waals surface area (Å²) in [4.78, 5) is 14.5. The van der Waals surface area contributed by atoms with Crippen LogP contribution in [0.3, 0.4) is 0 Å². The van der Waals surface area contributed by atoms with E-state index in [4.69, 9.17) is 9.47 Å².